The Morgan fingerprint density at radius 3 is 2.73 bits per heavy atom. The molecule has 11 heavy (non-hydrogen) atoms. The lowest BCUT2D eigenvalue weighted by molar-refractivity contribution is 0.919. The van der Waals surface area contributed by atoms with Gasteiger partial charge in [-0.2, -0.15) is 0 Å². The molecule has 2 heteroatoms. The molecule has 0 aromatic heterocycles. The van der Waals surface area contributed by atoms with Crippen LogP contribution in [0, 0.1) is 0 Å². The predicted octanol–water partition coefficient (Wildman–Crippen LogP) is 2.49. The van der Waals surface area contributed by atoms with Crippen molar-refractivity contribution in [2.45, 2.75) is 13.3 Å². The Morgan fingerprint density at radius 2 is 2.27 bits per heavy atom. The van der Waals surface area contributed by atoms with Crippen LogP contribution in [0.25, 0.3) is 0 Å². The minimum atomic E-state index is 0.939. The summed E-state index contributed by atoms with van der Waals surface area (Å²) in [7, 11) is 1.95. The van der Waals surface area contributed by atoms with Gasteiger partial charge in [0.15, 0.2) is 0 Å². The minimum absolute atomic E-state index is 0.939. The van der Waals surface area contributed by atoms with Crippen LogP contribution in [0.3, 0.4) is 0 Å². The molecule has 0 aliphatic carbocycles. The lowest BCUT2D eigenvalue weighted by Gasteiger charge is -1.94. The number of hydrogen-bond acceptors (Lipinski definition) is 1. The summed E-state index contributed by atoms with van der Waals surface area (Å²) in [6.45, 7) is 3.09. The summed E-state index contributed by atoms with van der Waals surface area (Å²) in [6.07, 6.45) is 7.60. The van der Waals surface area contributed by atoms with Crippen LogP contribution in [0.2, 0.25) is 0 Å². The van der Waals surface area contributed by atoms with Gasteiger partial charge >= 0.3 is 0 Å². The molecule has 0 saturated heterocycles. The molecule has 0 aliphatic heterocycles. The van der Waals surface area contributed by atoms with E-state index in [-0.39, 0.29) is 0 Å². The molecular weight excluding hydrogens is 202 g/mol. The van der Waals surface area contributed by atoms with Crippen LogP contribution in [0.5, 0.6) is 0 Å². The first-order valence-electron chi connectivity index (χ1n) is 3.91. The summed E-state index contributed by atoms with van der Waals surface area (Å²) >= 11 is 3.43. The fraction of sp³-hybridized carbons (Fsp3) is 0.556. The Hall–Kier alpha value is -0.0800. The van der Waals surface area contributed by atoms with E-state index >= 15 is 0 Å². The third-order valence-corrected chi connectivity index (χ3v) is 1.92. The first kappa shape index (κ1) is 10.9. The van der Waals surface area contributed by atoms with Crippen LogP contribution in [-0.4, -0.2) is 18.9 Å². The molecule has 0 bridgehead atoms. The molecule has 0 saturated carbocycles. The van der Waals surface area contributed by atoms with Crippen molar-refractivity contribution in [3.8, 4) is 0 Å². The van der Waals surface area contributed by atoms with E-state index in [1.807, 2.05) is 7.05 Å². The minimum Gasteiger partial charge on any atom is -0.316 e. The molecule has 0 unspecified atom stereocenters. The molecule has 0 aromatic rings. The number of alkyl halides is 1. The summed E-state index contributed by atoms with van der Waals surface area (Å²) < 4.78 is 0. The van der Waals surface area contributed by atoms with Crippen molar-refractivity contribution >= 4 is 15.9 Å². The normalized spacial score (nSPS) is 12.8. The van der Waals surface area contributed by atoms with Gasteiger partial charge in [0.1, 0.15) is 0 Å². The number of nitrogens with one attached hydrogen (secondary N) is 1. The summed E-state index contributed by atoms with van der Waals surface area (Å²) in [5.74, 6) is 0. The molecule has 0 radical (unpaired) electrons. The molecule has 0 heterocycles. The lowest BCUT2D eigenvalue weighted by Crippen LogP contribution is -2.03. The van der Waals surface area contributed by atoms with Crippen molar-refractivity contribution in [1.82, 2.24) is 5.32 Å². The van der Waals surface area contributed by atoms with E-state index < -0.39 is 0 Å². The maximum atomic E-state index is 3.43. The van der Waals surface area contributed by atoms with Crippen molar-refractivity contribution in [1.29, 1.82) is 0 Å². The molecule has 0 fully saturated rings. The van der Waals surface area contributed by atoms with Gasteiger partial charge in [-0.25, -0.2) is 0 Å². The van der Waals surface area contributed by atoms with Gasteiger partial charge in [0.2, 0.25) is 0 Å². The molecule has 0 spiro atoms. The summed E-state index contributed by atoms with van der Waals surface area (Å²) in [5, 5.41) is 4.01. The molecule has 0 amide bonds. The van der Waals surface area contributed by atoms with Gasteiger partial charge in [0.05, 0.1) is 0 Å². The molecule has 1 nitrogen and oxygen atoms in total. The van der Waals surface area contributed by atoms with Gasteiger partial charge < -0.3 is 5.32 Å². The van der Waals surface area contributed by atoms with E-state index in [2.05, 4.69) is 46.4 Å². The second-order valence-corrected chi connectivity index (χ2v) is 2.84. The average molecular weight is 218 g/mol. The molecule has 0 rings (SSSR count). The third-order valence-electron chi connectivity index (χ3n) is 1.27. The third kappa shape index (κ3) is 6.32. The highest BCUT2D eigenvalue weighted by Crippen LogP contribution is 2.02. The number of likely N-dealkylation sites (N-methyl/N-ethyl adjacent to an activating group) is 1. The molecular formula is C9H16BrN. The van der Waals surface area contributed by atoms with Crippen molar-refractivity contribution in [2.24, 2.45) is 0 Å². The van der Waals surface area contributed by atoms with Gasteiger partial charge in [0.25, 0.3) is 0 Å². The van der Waals surface area contributed by atoms with Crippen molar-refractivity contribution < 1.29 is 0 Å². The maximum absolute atomic E-state index is 3.43. The van der Waals surface area contributed by atoms with Crippen molar-refractivity contribution in [3.05, 3.63) is 23.8 Å². The average Bonchev–Trinajstić information content (AvgIpc) is 2.03. The van der Waals surface area contributed by atoms with Crippen LogP contribution >= 0.6 is 15.9 Å². The molecule has 1 N–H and O–H groups in total. The Balaban J connectivity index is 3.76. The monoisotopic (exact) mass is 217 g/mol. The fourth-order valence-corrected chi connectivity index (χ4v) is 1.17. The SMILES string of the molecule is CC/C=C(\C=C/CNC)CBr. The Morgan fingerprint density at radius 1 is 1.55 bits per heavy atom. The predicted molar refractivity (Wildman–Crippen MR) is 55.2 cm³/mol. The number of hydrogen-bond donors (Lipinski definition) is 1. The smallest absolute Gasteiger partial charge is 0.0279 e. The van der Waals surface area contributed by atoms with Crippen molar-refractivity contribution in [2.75, 3.05) is 18.9 Å². The summed E-state index contributed by atoms with van der Waals surface area (Å²) in [5.41, 5.74) is 1.35. The highest BCUT2D eigenvalue weighted by Gasteiger charge is 1.85. The quantitative estimate of drug-likeness (QED) is 0.552. The van der Waals surface area contributed by atoms with Gasteiger partial charge in [0, 0.05) is 11.9 Å². The van der Waals surface area contributed by atoms with E-state index in [4.69, 9.17) is 0 Å². The number of allylic oxidation sites excluding steroid dienone is 3. The zero-order valence-electron chi connectivity index (χ0n) is 7.23. The van der Waals surface area contributed by atoms with Gasteiger partial charge in [-0.1, -0.05) is 41.1 Å². The standard InChI is InChI=1S/C9H16BrN/c1-3-5-9(8-10)6-4-7-11-2/h4-6,11H,3,7-8H2,1-2H3/b6-4-,9-5+. The Bertz CT molecular complexity index is 138. The van der Waals surface area contributed by atoms with E-state index in [9.17, 15) is 0 Å². The van der Waals surface area contributed by atoms with Crippen LogP contribution in [0.4, 0.5) is 0 Å². The summed E-state index contributed by atoms with van der Waals surface area (Å²) in [4.78, 5) is 0. The van der Waals surface area contributed by atoms with Crippen LogP contribution < -0.4 is 5.32 Å². The van der Waals surface area contributed by atoms with Crippen molar-refractivity contribution in [3.63, 3.8) is 0 Å². The first-order valence-corrected chi connectivity index (χ1v) is 5.03. The Labute approximate surface area is 77.7 Å². The highest BCUT2D eigenvalue weighted by molar-refractivity contribution is 9.09. The number of halogens is 1. The Kier molecular flexibility index (Phi) is 7.96. The second-order valence-electron chi connectivity index (χ2n) is 2.28. The fourth-order valence-electron chi connectivity index (χ4n) is 0.757. The summed E-state index contributed by atoms with van der Waals surface area (Å²) in [6, 6.07) is 0. The maximum Gasteiger partial charge on any atom is 0.0279 e. The number of rotatable bonds is 5. The molecule has 0 atom stereocenters. The van der Waals surface area contributed by atoms with Gasteiger partial charge in [-0.3, -0.25) is 0 Å². The molecule has 0 aliphatic rings. The van der Waals surface area contributed by atoms with Gasteiger partial charge in [-0.05, 0) is 19.0 Å². The molecule has 0 aromatic carbocycles. The topological polar surface area (TPSA) is 12.0 Å². The van der Waals surface area contributed by atoms with Crippen LogP contribution in [0.15, 0.2) is 23.8 Å². The first-order chi connectivity index (χ1) is 5.35. The van der Waals surface area contributed by atoms with E-state index in [1.54, 1.807) is 0 Å². The molecule has 64 valence electrons. The second kappa shape index (κ2) is 8.02. The zero-order chi connectivity index (χ0) is 8.53. The van der Waals surface area contributed by atoms with Crippen LogP contribution in [0.1, 0.15) is 13.3 Å². The van der Waals surface area contributed by atoms with E-state index in [1.165, 1.54) is 5.57 Å². The van der Waals surface area contributed by atoms with E-state index in [0.717, 1.165) is 18.3 Å². The lowest BCUT2D eigenvalue weighted by atomic mass is 10.2. The van der Waals surface area contributed by atoms with Gasteiger partial charge in [-0.15, -0.1) is 0 Å². The van der Waals surface area contributed by atoms with E-state index in [0.29, 0.717) is 0 Å². The zero-order valence-corrected chi connectivity index (χ0v) is 8.82. The largest absolute Gasteiger partial charge is 0.316 e. The van der Waals surface area contributed by atoms with Crippen LogP contribution in [-0.2, 0) is 0 Å². The highest BCUT2D eigenvalue weighted by atomic mass is 79.9.